The number of hydrogen-bond acceptors (Lipinski definition) is 2. The molecule has 1 fully saturated rings. The molecule has 0 radical (unpaired) electrons. The van der Waals surface area contributed by atoms with Gasteiger partial charge in [-0.3, -0.25) is 4.79 Å². The summed E-state index contributed by atoms with van der Waals surface area (Å²) in [7, 11) is 0. The monoisotopic (exact) mass is 258 g/mol. The predicted octanol–water partition coefficient (Wildman–Crippen LogP) is 4.06. The summed E-state index contributed by atoms with van der Waals surface area (Å²) in [4.78, 5) is 12.4. The molecule has 102 valence electrons. The van der Waals surface area contributed by atoms with E-state index in [2.05, 4.69) is 20.8 Å². The minimum atomic E-state index is 0.0820. The molecule has 0 amide bonds. The molecule has 2 aliphatic carbocycles. The fraction of sp³-hybridized carbons (Fsp3) is 0.588. The summed E-state index contributed by atoms with van der Waals surface area (Å²) in [6.45, 7) is 6.91. The summed E-state index contributed by atoms with van der Waals surface area (Å²) < 4.78 is 0. The van der Waals surface area contributed by atoms with E-state index in [4.69, 9.17) is 0 Å². The van der Waals surface area contributed by atoms with Crippen molar-refractivity contribution in [3.8, 4) is 5.75 Å². The number of rotatable bonds is 0. The van der Waals surface area contributed by atoms with Crippen molar-refractivity contribution in [2.45, 2.75) is 51.9 Å². The van der Waals surface area contributed by atoms with Crippen molar-refractivity contribution in [1.29, 1.82) is 0 Å². The number of Topliss-reactive ketones (excluding diaryl/α,β-unsaturated/α-hetero) is 1. The van der Waals surface area contributed by atoms with Crippen molar-refractivity contribution in [1.82, 2.24) is 0 Å². The number of carbonyl (C=O) groups is 1. The Bertz CT molecular complexity index is 544. The molecule has 1 aromatic carbocycles. The van der Waals surface area contributed by atoms with Crippen LogP contribution >= 0.6 is 0 Å². The van der Waals surface area contributed by atoms with E-state index < -0.39 is 0 Å². The van der Waals surface area contributed by atoms with Crippen LogP contribution in [0.4, 0.5) is 0 Å². The summed E-state index contributed by atoms with van der Waals surface area (Å²) in [6.07, 6.45) is 4.19. The molecular formula is C17H22O2. The molecule has 2 aliphatic rings. The van der Waals surface area contributed by atoms with Crippen LogP contribution in [0.5, 0.6) is 5.75 Å². The third-order valence-electron chi connectivity index (χ3n) is 5.54. The zero-order valence-electron chi connectivity index (χ0n) is 12.0. The van der Waals surface area contributed by atoms with E-state index in [0.717, 1.165) is 17.5 Å². The molecule has 1 aromatic rings. The van der Waals surface area contributed by atoms with Crippen molar-refractivity contribution in [3.63, 3.8) is 0 Å². The van der Waals surface area contributed by atoms with Crippen molar-refractivity contribution in [3.05, 3.63) is 29.3 Å². The average Bonchev–Trinajstić information content (AvgIpc) is 2.32. The number of aromatic hydroxyl groups is 1. The molecule has 1 unspecified atom stereocenters. The summed E-state index contributed by atoms with van der Waals surface area (Å²) in [5, 5.41) is 9.64. The Morgan fingerprint density at radius 2 is 1.95 bits per heavy atom. The number of fused-ring (bicyclic) bond motifs is 3. The highest BCUT2D eigenvalue weighted by Crippen LogP contribution is 2.57. The lowest BCUT2D eigenvalue weighted by molar-refractivity contribution is 0.0368. The minimum absolute atomic E-state index is 0.0820. The molecule has 2 atom stereocenters. The fourth-order valence-corrected chi connectivity index (χ4v) is 4.50. The van der Waals surface area contributed by atoms with Crippen molar-refractivity contribution >= 4 is 5.78 Å². The fourth-order valence-electron chi connectivity index (χ4n) is 4.50. The number of carbonyl (C=O) groups excluding carboxylic acids is 1. The van der Waals surface area contributed by atoms with Crippen molar-refractivity contribution in [2.75, 3.05) is 0 Å². The Morgan fingerprint density at radius 3 is 2.68 bits per heavy atom. The molecule has 1 N–H and O–H groups in total. The Labute approximate surface area is 114 Å². The summed E-state index contributed by atoms with van der Waals surface area (Å²) >= 11 is 0. The van der Waals surface area contributed by atoms with Crippen LogP contribution in [0.2, 0.25) is 0 Å². The van der Waals surface area contributed by atoms with E-state index in [1.54, 1.807) is 12.1 Å². The van der Waals surface area contributed by atoms with Gasteiger partial charge in [0, 0.05) is 12.0 Å². The lowest BCUT2D eigenvalue weighted by Gasteiger charge is -2.53. The topological polar surface area (TPSA) is 37.3 Å². The molecule has 3 rings (SSSR count). The third-order valence-corrected chi connectivity index (χ3v) is 5.54. The molecule has 2 heteroatoms. The van der Waals surface area contributed by atoms with Gasteiger partial charge in [0.05, 0.1) is 0 Å². The molecule has 0 aliphatic heterocycles. The quantitative estimate of drug-likeness (QED) is 0.762. The number of phenolic OH excluding ortho intramolecular Hbond substituents is 1. The number of benzene rings is 1. The van der Waals surface area contributed by atoms with E-state index in [0.29, 0.717) is 12.3 Å². The van der Waals surface area contributed by atoms with Gasteiger partial charge in [-0.05, 0) is 47.3 Å². The first-order chi connectivity index (χ1) is 8.84. The molecule has 2 nitrogen and oxygen atoms in total. The van der Waals surface area contributed by atoms with Crippen LogP contribution in [0.25, 0.3) is 0 Å². The van der Waals surface area contributed by atoms with Crippen LogP contribution in [-0.2, 0) is 5.41 Å². The highest BCUT2D eigenvalue weighted by Gasteiger charge is 2.51. The van der Waals surface area contributed by atoms with Gasteiger partial charge < -0.3 is 5.11 Å². The molecule has 0 saturated heterocycles. The van der Waals surface area contributed by atoms with Crippen LogP contribution in [0.3, 0.4) is 0 Å². The van der Waals surface area contributed by atoms with Crippen LogP contribution in [-0.4, -0.2) is 10.9 Å². The van der Waals surface area contributed by atoms with Crippen LogP contribution in [0, 0.1) is 11.3 Å². The van der Waals surface area contributed by atoms with Crippen molar-refractivity contribution < 1.29 is 9.90 Å². The third kappa shape index (κ3) is 1.73. The largest absolute Gasteiger partial charge is 0.508 e. The van der Waals surface area contributed by atoms with Crippen LogP contribution < -0.4 is 0 Å². The molecule has 0 spiro atoms. The first-order valence-electron chi connectivity index (χ1n) is 7.21. The van der Waals surface area contributed by atoms with Gasteiger partial charge in [0.15, 0.2) is 5.78 Å². The van der Waals surface area contributed by atoms with E-state index in [1.807, 2.05) is 6.07 Å². The first kappa shape index (κ1) is 12.7. The highest BCUT2D eigenvalue weighted by molar-refractivity contribution is 6.00. The zero-order chi connectivity index (χ0) is 13.8. The van der Waals surface area contributed by atoms with Gasteiger partial charge >= 0.3 is 0 Å². The second-order valence-corrected chi connectivity index (χ2v) is 7.17. The van der Waals surface area contributed by atoms with Gasteiger partial charge in [-0.15, -0.1) is 0 Å². The Morgan fingerprint density at radius 1 is 1.21 bits per heavy atom. The zero-order valence-corrected chi connectivity index (χ0v) is 12.0. The summed E-state index contributed by atoms with van der Waals surface area (Å²) in [5.74, 6) is 0.811. The normalized spacial score (nSPS) is 32.6. The Hall–Kier alpha value is -1.31. The SMILES string of the molecule is CC1(C)CCC[C@]2(C)c3ccc(O)cc3C(=O)CC12. The maximum Gasteiger partial charge on any atom is 0.163 e. The molecular weight excluding hydrogens is 236 g/mol. The Balaban J connectivity index is 2.19. The number of phenols is 1. The summed E-state index contributed by atoms with van der Waals surface area (Å²) in [6, 6.07) is 5.35. The van der Waals surface area contributed by atoms with Crippen molar-refractivity contribution in [2.24, 2.45) is 11.3 Å². The maximum absolute atomic E-state index is 12.4. The maximum atomic E-state index is 12.4. The molecule has 19 heavy (non-hydrogen) atoms. The molecule has 0 aromatic heterocycles. The second kappa shape index (κ2) is 3.84. The van der Waals surface area contributed by atoms with E-state index in [9.17, 15) is 9.90 Å². The van der Waals surface area contributed by atoms with Gasteiger partial charge in [0.1, 0.15) is 5.75 Å². The lowest BCUT2D eigenvalue weighted by Crippen LogP contribution is -2.49. The smallest absolute Gasteiger partial charge is 0.163 e. The summed E-state index contributed by atoms with van der Waals surface area (Å²) in [5.41, 5.74) is 2.20. The number of hydrogen-bond donors (Lipinski definition) is 1. The van der Waals surface area contributed by atoms with Gasteiger partial charge in [0.2, 0.25) is 0 Å². The van der Waals surface area contributed by atoms with Gasteiger partial charge in [-0.2, -0.15) is 0 Å². The second-order valence-electron chi connectivity index (χ2n) is 7.17. The van der Waals surface area contributed by atoms with E-state index in [-0.39, 0.29) is 22.4 Å². The van der Waals surface area contributed by atoms with Gasteiger partial charge in [-0.1, -0.05) is 33.3 Å². The van der Waals surface area contributed by atoms with Crippen LogP contribution in [0.15, 0.2) is 18.2 Å². The highest BCUT2D eigenvalue weighted by atomic mass is 16.3. The average molecular weight is 258 g/mol. The van der Waals surface area contributed by atoms with Gasteiger partial charge in [-0.25, -0.2) is 0 Å². The Kier molecular flexibility index (Phi) is 2.57. The van der Waals surface area contributed by atoms with Gasteiger partial charge in [0.25, 0.3) is 0 Å². The number of ketones is 1. The predicted molar refractivity (Wildman–Crippen MR) is 75.5 cm³/mol. The molecule has 1 saturated carbocycles. The molecule has 0 bridgehead atoms. The van der Waals surface area contributed by atoms with E-state index >= 15 is 0 Å². The molecule has 0 heterocycles. The van der Waals surface area contributed by atoms with E-state index in [1.165, 1.54) is 12.8 Å². The van der Waals surface area contributed by atoms with Crippen LogP contribution in [0.1, 0.15) is 62.4 Å². The standard InChI is InChI=1S/C17H22O2/c1-16(2)7-4-8-17(3)13-6-5-11(18)9-12(13)14(19)10-15(16)17/h5-6,9,15,18H,4,7-8,10H2,1-3H3/t15?,17-/m1/s1. The minimum Gasteiger partial charge on any atom is -0.508 e. The lowest BCUT2D eigenvalue weighted by atomic mass is 9.50. The first-order valence-corrected chi connectivity index (χ1v) is 7.21.